The first-order valence-electron chi connectivity index (χ1n) is 11.6. The second-order valence-corrected chi connectivity index (χ2v) is 11.4. The van der Waals surface area contributed by atoms with Crippen LogP contribution < -0.4 is 4.74 Å². The molecule has 1 N–H and O–H groups in total. The topological polar surface area (TPSA) is 70.1 Å². The Morgan fingerprint density at radius 3 is 2.61 bits per heavy atom. The van der Waals surface area contributed by atoms with Gasteiger partial charge in [0.25, 0.3) is 0 Å². The van der Waals surface area contributed by atoms with Gasteiger partial charge in [-0.1, -0.05) is 31.2 Å². The molecule has 1 aliphatic carbocycles. The van der Waals surface area contributed by atoms with Gasteiger partial charge in [0.05, 0.1) is 6.61 Å². The molecule has 0 amide bonds. The molecule has 0 radical (unpaired) electrons. The molecule has 180 valence electrons. The molecule has 1 saturated carbocycles. The van der Waals surface area contributed by atoms with Gasteiger partial charge in [-0.15, -0.1) is 0 Å². The smallest absolute Gasteiger partial charge is 0.247 e. The Kier molecular flexibility index (Phi) is 7.09. The second kappa shape index (κ2) is 9.70. The van der Waals surface area contributed by atoms with Crippen LogP contribution in [0.2, 0.25) is 0 Å². The first-order valence-corrected chi connectivity index (χ1v) is 13.0. The summed E-state index contributed by atoms with van der Waals surface area (Å²) in [5.74, 6) is 0.462. The fraction of sp³-hybridized carbons (Fsp3) is 0.520. The fourth-order valence-electron chi connectivity index (χ4n) is 4.43. The zero-order valence-electron chi connectivity index (χ0n) is 19.4. The first-order chi connectivity index (χ1) is 15.7. The zero-order chi connectivity index (χ0) is 23.8. The summed E-state index contributed by atoms with van der Waals surface area (Å²) in [4.78, 5) is 2.29. The fourth-order valence-corrected chi connectivity index (χ4v) is 6.26. The second-order valence-electron chi connectivity index (χ2n) is 9.55. The van der Waals surface area contributed by atoms with Crippen molar-refractivity contribution in [2.24, 2.45) is 11.8 Å². The molecule has 2 aromatic carbocycles. The molecule has 0 saturated heterocycles. The van der Waals surface area contributed by atoms with Crippen molar-refractivity contribution in [2.75, 3.05) is 33.3 Å². The summed E-state index contributed by atoms with van der Waals surface area (Å²) in [6, 6.07) is 10.6. The molecule has 2 aromatic rings. The largest absolute Gasteiger partial charge is 0.487 e. The number of fused-ring (bicyclic) bond motifs is 1. The lowest BCUT2D eigenvalue weighted by atomic mass is 10.0. The van der Waals surface area contributed by atoms with E-state index in [9.17, 15) is 17.9 Å². The lowest BCUT2D eigenvalue weighted by Gasteiger charge is -2.37. The standard InChI is InChI=1S/C25H33FN2O4S/c1-17-13-28(18(2)16-29)33(30,31)25-11-10-20(21-6-4-5-7-22(21)26)12-23(25)32-24(17)15-27(3)14-19-8-9-19/h4-7,10-12,17-19,24,29H,8-9,13-16H2,1-3H3/t17-,18+,24-/m1/s1. The van der Waals surface area contributed by atoms with Gasteiger partial charge >= 0.3 is 0 Å². The average molecular weight is 477 g/mol. The lowest BCUT2D eigenvalue weighted by molar-refractivity contribution is 0.0741. The number of ether oxygens (including phenoxy) is 1. The van der Waals surface area contributed by atoms with E-state index < -0.39 is 16.1 Å². The summed E-state index contributed by atoms with van der Waals surface area (Å²) in [6.45, 7) is 5.30. The van der Waals surface area contributed by atoms with E-state index in [1.165, 1.54) is 29.3 Å². The molecule has 0 unspecified atom stereocenters. The number of aliphatic hydroxyl groups excluding tert-OH is 1. The molecule has 0 spiro atoms. The normalized spacial score (nSPS) is 23.9. The zero-order valence-corrected chi connectivity index (χ0v) is 20.3. The predicted octanol–water partition coefficient (Wildman–Crippen LogP) is 3.60. The van der Waals surface area contributed by atoms with E-state index >= 15 is 0 Å². The molecule has 4 rings (SSSR count). The number of rotatable bonds is 7. The van der Waals surface area contributed by atoms with Crippen molar-refractivity contribution in [1.29, 1.82) is 0 Å². The van der Waals surface area contributed by atoms with Gasteiger partial charge in [0.15, 0.2) is 0 Å². The molecule has 1 fully saturated rings. The molecule has 33 heavy (non-hydrogen) atoms. The number of hydrogen-bond donors (Lipinski definition) is 1. The Morgan fingerprint density at radius 2 is 1.94 bits per heavy atom. The van der Waals surface area contributed by atoms with Crippen LogP contribution in [-0.2, 0) is 10.0 Å². The number of likely N-dealkylation sites (N-methyl/N-ethyl adjacent to an activating group) is 1. The lowest BCUT2D eigenvalue weighted by Crippen LogP contribution is -2.49. The maximum atomic E-state index is 14.5. The molecular formula is C25H33FN2O4S. The van der Waals surface area contributed by atoms with E-state index in [-0.39, 0.29) is 41.6 Å². The highest BCUT2D eigenvalue weighted by Crippen LogP contribution is 2.37. The predicted molar refractivity (Wildman–Crippen MR) is 126 cm³/mol. The number of benzene rings is 2. The van der Waals surface area contributed by atoms with Crippen molar-refractivity contribution in [1.82, 2.24) is 9.21 Å². The van der Waals surface area contributed by atoms with Gasteiger partial charge in [0, 0.05) is 37.2 Å². The molecule has 0 bridgehead atoms. The van der Waals surface area contributed by atoms with Crippen molar-refractivity contribution in [3.05, 3.63) is 48.3 Å². The Morgan fingerprint density at radius 1 is 1.21 bits per heavy atom. The van der Waals surface area contributed by atoms with E-state index in [2.05, 4.69) is 11.9 Å². The highest BCUT2D eigenvalue weighted by Gasteiger charge is 2.38. The third-order valence-electron chi connectivity index (χ3n) is 6.61. The van der Waals surface area contributed by atoms with E-state index in [1.54, 1.807) is 37.3 Å². The number of sulfonamides is 1. The molecular weight excluding hydrogens is 443 g/mol. The van der Waals surface area contributed by atoms with Crippen LogP contribution in [0.25, 0.3) is 11.1 Å². The summed E-state index contributed by atoms with van der Waals surface area (Å²) >= 11 is 0. The van der Waals surface area contributed by atoms with Crippen molar-refractivity contribution in [3.8, 4) is 16.9 Å². The summed E-state index contributed by atoms with van der Waals surface area (Å²) in [5, 5.41) is 9.77. The van der Waals surface area contributed by atoms with Gasteiger partial charge in [-0.2, -0.15) is 4.31 Å². The van der Waals surface area contributed by atoms with Gasteiger partial charge in [-0.05, 0) is 56.5 Å². The van der Waals surface area contributed by atoms with Crippen LogP contribution in [-0.4, -0.2) is 68.2 Å². The van der Waals surface area contributed by atoms with Gasteiger partial charge in [-0.3, -0.25) is 0 Å². The van der Waals surface area contributed by atoms with E-state index in [1.807, 2.05) is 6.92 Å². The Labute approximate surface area is 196 Å². The minimum absolute atomic E-state index is 0.0460. The monoisotopic (exact) mass is 476 g/mol. The van der Waals surface area contributed by atoms with Crippen molar-refractivity contribution in [3.63, 3.8) is 0 Å². The molecule has 1 aliphatic heterocycles. The SMILES string of the molecule is C[C@@H]1CN([C@@H](C)CO)S(=O)(=O)c2ccc(-c3ccccc3F)cc2O[C@@H]1CN(C)CC1CC1. The Hall–Kier alpha value is -2.00. The van der Waals surface area contributed by atoms with Gasteiger partial charge in [-0.25, -0.2) is 12.8 Å². The van der Waals surface area contributed by atoms with Crippen LogP contribution in [0.4, 0.5) is 4.39 Å². The summed E-state index contributed by atoms with van der Waals surface area (Å²) < 4.78 is 49.4. The number of aliphatic hydroxyl groups is 1. The third-order valence-corrected chi connectivity index (χ3v) is 8.63. The average Bonchev–Trinajstić information content (AvgIpc) is 3.59. The quantitative estimate of drug-likeness (QED) is 0.661. The third kappa shape index (κ3) is 5.24. The van der Waals surface area contributed by atoms with Crippen LogP contribution >= 0.6 is 0 Å². The Bertz CT molecular complexity index is 1090. The first kappa shape index (κ1) is 24.1. The maximum absolute atomic E-state index is 14.5. The highest BCUT2D eigenvalue weighted by atomic mass is 32.2. The summed E-state index contributed by atoms with van der Waals surface area (Å²) in [6.07, 6.45) is 2.24. The van der Waals surface area contributed by atoms with Crippen molar-refractivity contribution in [2.45, 2.75) is 43.7 Å². The molecule has 2 aliphatic rings. The van der Waals surface area contributed by atoms with E-state index in [0.29, 0.717) is 17.7 Å². The highest BCUT2D eigenvalue weighted by molar-refractivity contribution is 7.89. The van der Waals surface area contributed by atoms with Crippen molar-refractivity contribution < 1.29 is 22.7 Å². The molecule has 8 heteroatoms. The van der Waals surface area contributed by atoms with Crippen LogP contribution in [0.15, 0.2) is 47.4 Å². The molecule has 3 atom stereocenters. The summed E-state index contributed by atoms with van der Waals surface area (Å²) in [7, 11) is -1.85. The maximum Gasteiger partial charge on any atom is 0.247 e. The van der Waals surface area contributed by atoms with Gasteiger partial charge in [0.1, 0.15) is 22.6 Å². The van der Waals surface area contributed by atoms with E-state index in [0.717, 1.165) is 12.5 Å². The molecule has 1 heterocycles. The Balaban J connectivity index is 1.76. The molecule has 0 aromatic heterocycles. The van der Waals surface area contributed by atoms with Crippen LogP contribution in [0.3, 0.4) is 0 Å². The van der Waals surface area contributed by atoms with Crippen molar-refractivity contribution >= 4 is 10.0 Å². The van der Waals surface area contributed by atoms with Crippen LogP contribution in [0.5, 0.6) is 5.75 Å². The van der Waals surface area contributed by atoms with Gasteiger partial charge in [0.2, 0.25) is 10.0 Å². The van der Waals surface area contributed by atoms with Crippen LogP contribution in [0.1, 0.15) is 26.7 Å². The minimum Gasteiger partial charge on any atom is -0.487 e. The number of nitrogens with zero attached hydrogens (tertiary/aromatic N) is 2. The molecule has 6 nitrogen and oxygen atoms in total. The number of hydrogen-bond acceptors (Lipinski definition) is 5. The van der Waals surface area contributed by atoms with E-state index in [4.69, 9.17) is 4.74 Å². The number of halogens is 1. The summed E-state index contributed by atoms with van der Waals surface area (Å²) in [5.41, 5.74) is 0.946. The van der Waals surface area contributed by atoms with Gasteiger partial charge < -0.3 is 14.7 Å². The minimum atomic E-state index is -3.92. The van der Waals surface area contributed by atoms with Crippen LogP contribution in [0, 0.1) is 17.7 Å².